The highest BCUT2D eigenvalue weighted by Crippen LogP contribution is 2.39. The van der Waals surface area contributed by atoms with Gasteiger partial charge >= 0.3 is 0 Å². The zero-order valence-corrected chi connectivity index (χ0v) is 44.7. The van der Waals surface area contributed by atoms with Crippen LogP contribution in [0.4, 0.5) is 11.4 Å². The number of amides is 6. The van der Waals surface area contributed by atoms with E-state index >= 15 is 0 Å². The lowest BCUT2D eigenvalue weighted by atomic mass is 10.1. The Balaban J connectivity index is 2.66. The molecule has 0 spiro atoms. The van der Waals surface area contributed by atoms with Crippen molar-refractivity contribution in [3.8, 4) is 0 Å². The molecule has 0 aromatic heterocycles. The molecule has 61 heavy (non-hydrogen) atoms. The SMILES string of the molecule is CC(=O)N(CC(O)CNC(=O)c1c(I)c(NC(=O)CO)c(I)c(C(=O)N(CCO)CC(O)CO)c1I)c1c(I)c(C(=O)NCC(O)CO)c(I)c(C(=O)NCC(O)CO)c1I. The van der Waals surface area contributed by atoms with Crippen molar-refractivity contribution in [2.24, 2.45) is 0 Å². The Kier molecular flexibility index (Phi) is 25.0. The van der Waals surface area contributed by atoms with E-state index in [4.69, 9.17) is 0 Å². The molecule has 0 bridgehead atoms. The first-order valence-electron chi connectivity index (χ1n) is 17.5. The van der Waals surface area contributed by atoms with E-state index in [2.05, 4.69) is 21.3 Å². The number of nitrogens with one attached hydrogen (secondary N) is 4. The fourth-order valence-electron chi connectivity index (χ4n) is 5.17. The van der Waals surface area contributed by atoms with Gasteiger partial charge in [-0.2, -0.15) is 0 Å². The Hall–Kier alpha value is -0.720. The fourth-order valence-corrected chi connectivity index (χ4v) is 14.3. The Morgan fingerprint density at radius 3 is 1.38 bits per heavy atom. The molecule has 0 fully saturated rings. The van der Waals surface area contributed by atoms with E-state index < -0.39 is 113 Å². The van der Waals surface area contributed by atoms with Gasteiger partial charge in [-0.1, -0.05) is 0 Å². The second-order valence-electron chi connectivity index (χ2n) is 12.7. The first-order valence-corrected chi connectivity index (χ1v) is 24.0. The zero-order valence-electron chi connectivity index (χ0n) is 31.7. The average Bonchev–Trinajstić information content (AvgIpc) is 3.21. The minimum Gasteiger partial charge on any atom is -0.395 e. The van der Waals surface area contributed by atoms with Crippen LogP contribution in [-0.2, 0) is 9.59 Å². The van der Waals surface area contributed by atoms with Crippen molar-refractivity contribution in [1.29, 1.82) is 0 Å². The molecule has 6 amide bonds. The van der Waals surface area contributed by atoms with Gasteiger partial charge in [0, 0.05) is 46.8 Å². The van der Waals surface area contributed by atoms with Gasteiger partial charge in [0.05, 0.1) is 105 Å². The number of hydrogen-bond donors (Lipinski definition) is 13. The monoisotopic (exact) mass is 1540 g/mol. The highest BCUT2D eigenvalue weighted by Gasteiger charge is 2.34. The minimum atomic E-state index is -1.54. The van der Waals surface area contributed by atoms with Crippen LogP contribution in [0.25, 0.3) is 0 Å². The molecule has 2 aromatic rings. The van der Waals surface area contributed by atoms with E-state index in [9.17, 15) is 74.7 Å². The molecule has 21 nitrogen and oxygen atoms in total. The first kappa shape index (κ1) is 56.4. The summed E-state index contributed by atoms with van der Waals surface area (Å²) in [6.45, 7) is -4.83. The summed E-state index contributed by atoms with van der Waals surface area (Å²) < 4.78 is 0.723. The number of aliphatic hydroxyl groups is 9. The number of carbonyl (C=O) groups is 6. The number of carbonyl (C=O) groups excluding carboxylic acids is 6. The normalized spacial score (nSPS) is 13.1. The molecule has 4 unspecified atom stereocenters. The largest absolute Gasteiger partial charge is 0.395 e. The summed E-state index contributed by atoms with van der Waals surface area (Å²) in [5, 5.41) is 98.1. The standard InChI is InChI=1S/C34H42I6N6O15/c1-13(52)46(30-27(39)20(32(59)42-5-15(54)9-48)23(35)21(28(30)40)33(60)43-6-16(55)10-49)8-14(53)4-41-31(58)19-24(36)22(26(38)29(25(19)37)44-18(57)12-51)34(61)45(2-3-47)7-17(56)11-50/h14-17,47-51,53-56H,2-12H2,1H3,(H,41,58)(H,42,59)(H,43,60)(H,44,57). The predicted octanol–water partition coefficient (Wildman–Crippen LogP) is -1.66. The van der Waals surface area contributed by atoms with Crippen molar-refractivity contribution in [3.63, 3.8) is 0 Å². The summed E-state index contributed by atoms with van der Waals surface area (Å²) in [6, 6.07) is 0. The van der Waals surface area contributed by atoms with Crippen molar-refractivity contribution >= 4 is 182 Å². The summed E-state index contributed by atoms with van der Waals surface area (Å²) in [7, 11) is 0. The van der Waals surface area contributed by atoms with Gasteiger partial charge in [-0.25, -0.2) is 0 Å². The molecule has 2 aromatic carbocycles. The molecule has 0 aliphatic rings. The van der Waals surface area contributed by atoms with Crippen LogP contribution in [0, 0.1) is 21.4 Å². The third-order valence-corrected chi connectivity index (χ3v) is 14.6. The number of hydrogen-bond acceptors (Lipinski definition) is 15. The summed E-state index contributed by atoms with van der Waals surface area (Å²) in [6.07, 6.45) is -5.56. The molecule has 27 heteroatoms. The highest BCUT2D eigenvalue weighted by atomic mass is 127. The molecule has 0 radical (unpaired) electrons. The van der Waals surface area contributed by atoms with Gasteiger partial charge in [0.2, 0.25) is 11.8 Å². The molecular weight excluding hydrogens is 1490 g/mol. The third-order valence-electron chi connectivity index (χ3n) is 8.17. The van der Waals surface area contributed by atoms with E-state index in [-0.39, 0.29) is 74.7 Å². The maximum atomic E-state index is 14.0. The fraction of sp³-hybridized carbons (Fsp3) is 0.471. The van der Waals surface area contributed by atoms with Gasteiger partial charge in [-0.15, -0.1) is 0 Å². The molecule has 0 saturated carbocycles. The lowest BCUT2D eigenvalue weighted by molar-refractivity contribution is -0.119. The molecule has 0 aliphatic heterocycles. The van der Waals surface area contributed by atoms with Crippen molar-refractivity contribution < 1.29 is 74.7 Å². The van der Waals surface area contributed by atoms with Crippen LogP contribution < -0.4 is 26.2 Å². The molecule has 0 saturated heterocycles. The number of nitrogens with zero attached hydrogens (tertiary/aromatic N) is 2. The van der Waals surface area contributed by atoms with Crippen LogP contribution in [0.15, 0.2) is 0 Å². The quantitative estimate of drug-likeness (QED) is 0.0588. The maximum absolute atomic E-state index is 14.0. The Morgan fingerprint density at radius 1 is 0.557 bits per heavy atom. The molecule has 0 heterocycles. The molecule has 0 aliphatic carbocycles. The average molecular weight is 1540 g/mol. The highest BCUT2D eigenvalue weighted by molar-refractivity contribution is 14.1. The van der Waals surface area contributed by atoms with Crippen molar-refractivity contribution in [2.45, 2.75) is 31.3 Å². The first-order chi connectivity index (χ1) is 28.6. The van der Waals surface area contributed by atoms with Crippen molar-refractivity contribution in [3.05, 3.63) is 43.7 Å². The lowest BCUT2D eigenvalue weighted by Crippen LogP contribution is -2.44. The van der Waals surface area contributed by atoms with Gasteiger partial charge in [-0.3, -0.25) is 28.8 Å². The van der Waals surface area contributed by atoms with Gasteiger partial charge in [0.25, 0.3) is 23.6 Å². The maximum Gasteiger partial charge on any atom is 0.256 e. The number of aliphatic hydroxyl groups excluding tert-OH is 9. The minimum absolute atomic E-state index is 0.00751. The predicted molar refractivity (Wildman–Crippen MR) is 268 cm³/mol. The number of benzene rings is 2. The summed E-state index contributed by atoms with van der Waals surface area (Å²) in [5.74, 6) is -4.77. The lowest BCUT2D eigenvalue weighted by Gasteiger charge is -2.29. The van der Waals surface area contributed by atoms with Crippen molar-refractivity contribution in [1.82, 2.24) is 20.9 Å². The summed E-state index contributed by atoms with van der Waals surface area (Å²) in [4.78, 5) is 82.8. The third kappa shape index (κ3) is 15.2. The molecule has 13 N–H and O–H groups in total. The Morgan fingerprint density at radius 2 is 0.967 bits per heavy atom. The summed E-state index contributed by atoms with van der Waals surface area (Å²) in [5.41, 5.74) is -0.502. The number of anilines is 2. The van der Waals surface area contributed by atoms with Crippen LogP contribution in [0.1, 0.15) is 48.4 Å². The van der Waals surface area contributed by atoms with Gasteiger partial charge in [-0.05, 0) is 136 Å². The van der Waals surface area contributed by atoms with E-state index in [1.165, 1.54) is 0 Å². The van der Waals surface area contributed by atoms with E-state index in [1.54, 1.807) is 136 Å². The number of halogens is 6. The Labute approximate surface area is 430 Å². The Bertz CT molecular complexity index is 1910. The van der Waals surface area contributed by atoms with Gasteiger partial charge in [0.15, 0.2) is 0 Å². The molecule has 2 rings (SSSR count). The van der Waals surface area contributed by atoms with Gasteiger partial charge < -0.3 is 77.0 Å². The van der Waals surface area contributed by atoms with Crippen LogP contribution in [0.3, 0.4) is 0 Å². The smallest absolute Gasteiger partial charge is 0.256 e. The van der Waals surface area contributed by atoms with Gasteiger partial charge in [0.1, 0.15) is 6.61 Å². The second kappa shape index (κ2) is 27.0. The number of rotatable bonds is 22. The van der Waals surface area contributed by atoms with Crippen molar-refractivity contribution in [2.75, 3.05) is 82.5 Å². The van der Waals surface area contributed by atoms with E-state index in [0.717, 1.165) is 16.7 Å². The molecule has 340 valence electrons. The van der Waals surface area contributed by atoms with E-state index in [0.29, 0.717) is 0 Å². The van der Waals surface area contributed by atoms with Crippen LogP contribution in [0.2, 0.25) is 0 Å². The topological polar surface area (TPSA) is 339 Å². The zero-order chi connectivity index (χ0) is 46.5. The van der Waals surface area contributed by atoms with E-state index in [1.807, 2.05) is 0 Å². The second-order valence-corrected chi connectivity index (χ2v) is 19.2. The van der Waals surface area contributed by atoms with Crippen LogP contribution >= 0.6 is 136 Å². The molecular formula is C34H42I6N6O15. The van der Waals surface area contributed by atoms with Crippen LogP contribution in [-0.4, -0.2) is 183 Å². The molecule has 4 atom stereocenters. The summed E-state index contributed by atoms with van der Waals surface area (Å²) >= 11 is 10.6. The van der Waals surface area contributed by atoms with Crippen LogP contribution in [0.5, 0.6) is 0 Å².